The van der Waals surface area contributed by atoms with Crippen molar-refractivity contribution in [2.45, 2.75) is 12.5 Å². The molecular formula is C11H15F2N3O. The summed E-state index contributed by atoms with van der Waals surface area (Å²) in [5.74, 6) is -1.91. The van der Waals surface area contributed by atoms with Crippen LogP contribution < -0.4 is 0 Å². The maximum Gasteiger partial charge on any atom is 0.282 e. The van der Waals surface area contributed by atoms with E-state index >= 15 is 0 Å². The number of carbonyl (C=O) groups excluding carboxylic acids is 1. The lowest BCUT2D eigenvalue weighted by Gasteiger charge is -2.38. The molecule has 94 valence electrons. The molecule has 0 N–H and O–H groups in total. The SMILES string of the molecule is CN1CCN(C(=O)/C(F)=C/CF)[C@@H](CC#N)C1. The number of rotatable bonds is 3. The quantitative estimate of drug-likeness (QED) is 0.691. The van der Waals surface area contributed by atoms with E-state index in [1.807, 2.05) is 18.0 Å². The van der Waals surface area contributed by atoms with Crippen LogP contribution in [0, 0.1) is 11.3 Å². The molecule has 1 saturated heterocycles. The predicted octanol–water partition coefficient (Wildman–Crippen LogP) is 0.866. The van der Waals surface area contributed by atoms with Crippen LogP contribution in [-0.2, 0) is 4.79 Å². The van der Waals surface area contributed by atoms with Crippen LogP contribution >= 0.6 is 0 Å². The van der Waals surface area contributed by atoms with E-state index in [2.05, 4.69) is 0 Å². The molecule has 1 aliphatic heterocycles. The molecular weight excluding hydrogens is 228 g/mol. The predicted molar refractivity (Wildman–Crippen MR) is 58.4 cm³/mol. The molecule has 0 radical (unpaired) electrons. The van der Waals surface area contributed by atoms with Gasteiger partial charge in [0.15, 0.2) is 5.83 Å². The van der Waals surface area contributed by atoms with Crippen LogP contribution in [-0.4, -0.2) is 55.1 Å². The largest absolute Gasteiger partial charge is 0.330 e. The highest BCUT2D eigenvalue weighted by molar-refractivity contribution is 5.91. The van der Waals surface area contributed by atoms with Crippen molar-refractivity contribution in [1.29, 1.82) is 5.26 Å². The Hall–Kier alpha value is -1.48. The number of carbonyl (C=O) groups is 1. The second kappa shape index (κ2) is 6.30. The van der Waals surface area contributed by atoms with Crippen molar-refractivity contribution in [1.82, 2.24) is 9.80 Å². The molecule has 0 aliphatic carbocycles. The van der Waals surface area contributed by atoms with Gasteiger partial charge in [-0.3, -0.25) is 4.79 Å². The lowest BCUT2D eigenvalue weighted by molar-refractivity contribution is -0.133. The molecule has 1 atom stereocenters. The van der Waals surface area contributed by atoms with Gasteiger partial charge in [0, 0.05) is 19.6 Å². The number of nitrogens with zero attached hydrogens (tertiary/aromatic N) is 3. The summed E-state index contributed by atoms with van der Waals surface area (Å²) in [6, 6.07) is 1.65. The van der Waals surface area contributed by atoms with E-state index < -0.39 is 18.4 Å². The molecule has 1 fully saturated rings. The van der Waals surface area contributed by atoms with Crippen molar-refractivity contribution < 1.29 is 13.6 Å². The van der Waals surface area contributed by atoms with E-state index in [1.165, 1.54) is 4.90 Å². The summed E-state index contributed by atoms with van der Waals surface area (Å²) in [6.07, 6.45) is 0.767. The zero-order valence-electron chi connectivity index (χ0n) is 9.70. The molecule has 0 aromatic carbocycles. The van der Waals surface area contributed by atoms with Crippen molar-refractivity contribution in [2.24, 2.45) is 0 Å². The minimum absolute atomic E-state index is 0.152. The van der Waals surface area contributed by atoms with E-state index in [-0.39, 0.29) is 12.5 Å². The van der Waals surface area contributed by atoms with Gasteiger partial charge in [-0.05, 0) is 13.1 Å². The average Bonchev–Trinajstić information content (AvgIpc) is 2.29. The summed E-state index contributed by atoms with van der Waals surface area (Å²) in [5.41, 5.74) is 0. The molecule has 1 heterocycles. The first-order valence-electron chi connectivity index (χ1n) is 5.38. The van der Waals surface area contributed by atoms with Gasteiger partial charge in [-0.2, -0.15) is 5.26 Å². The maximum absolute atomic E-state index is 13.2. The first-order chi connectivity index (χ1) is 8.10. The van der Waals surface area contributed by atoms with Crippen molar-refractivity contribution in [3.8, 4) is 6.07 Å². The van der Waals surface area contributed by atoms with E-state index in [1.54, 1.807) is 0 Å². The minimum atomic E-state index is -1.08. The molecule has 17 heavy (non-hydrogen) atoms. The Morgan fingerprint density at radius 3 is 2.88 bits per heavy atom. The summed E-state index contributed by atoms with van der Waals surface area (Å²) >= 11 is 0. The van der Waals surface area contributed by atoms with Crippen molar-refractivity contribution >= 4 is 5.91 Å². The van der Waals surface area contributed by atoms with Crippen LogP contribution in [0.25, 0.3) is 0 Å². The molecule has 0 aromatic rings. The highest BCUT2D eigenvalue weighted by Crippen LogP contribution is 2.15. The third kappa shape index (κ3) is 3.49. The monoisotopic (exact) mass is 243 g/mol. The second-order valence-corrected chi connectivity index (χ2v) is 3.98. The fraction of sp³-hybridized carbons (Fsp3) is 0.636. The van der Waals surface area contributed by atoms with E-state index in [9.17, 15) is 13.6 Å². The fourth-order valence-corrected chi connectivity index (χ4v) is 1.85. The van der Waals surface area contributed by atoms with Gasteiger partial charge >= 0.3 is 0 Å². The maximum atomic E-state index is 13.2. The Morgan fingerprint density at radius 2 is 2.29 bits per heavy atom. The lowest BCUT2D eigenvalue weighted by Crippen LogP contribution is -2.54. The molecule has 0 bridgehead atoms. The van der Waals surface area contributed by atoms with Crippen molar-refractivity contribution in [3.05, 3.63) is 11.9 Å². The Labute approximate surface area is 99.1 Å². The number of halogens is 2. The molecule has 1 aliphatic rings. The third-order valence-electron chi connectivity index (χ3n) is 2.73. The van der Waals surface area contributed by atoms with E-state index in [0.717, 1.165) is 0 Å². The van der Waals surface area contributed by atoms with Gasteiger partial charge in [0.1, 0.15) is 6.67 Å². The van der Waals surface area contributed by atoms with E-state index in [4.69, 9.17) is 5.26 Å². The Kier molecular flexibility index (Phi) is 5.04. The van der Waals surface area contributed by atoms with Gasteiger partial charge in [-0.15, -0.1) is 0 Å². The number of piperazine rings is 1. The number of hydrogen-bond acceptors (Lipinski definition) is 3. The Morgan fingerprint density at radius 1 is 1.59 bits per heavy atom. The third-order valence-corrected chi connectivity index (χ3v) is 2.73. The number of hydrogen-bond donors (Lipinski definition) is 0. The highest BCUT2D eigenvalue weighted by Gasteiger charge is 2.30. The zero-order valence-corrected chi connectivity index (χ0v) is 9.70. The molecule has 0 saturated carbocycles. The Balaban J connectivity index is 2.76. The van der Waals surface area contributed by atoms with Crippen molar-refractivity contribution in [2.75, 3.05) is 33.4 Å². The highest BCUT2D eigenvalue weighted by atomic mass is 19.1. The van der Waals surface area contributed by atoms with Crippen LogP contribution in [0.2, 0.25) is 0 Å². The van der Waals surface area contributed by atoms with Crippen LogP contribution in [0.15, 0.2) is 11.9 Å². The first-order valence-corrected chi connectivity index (χ1v) is 5.38. The van der Waals surface area contributed by atoms with Crippen molar-refractivity contribution in [3.63, 3.8) is 0 Å². The van der Waals surface area contributed by atoms with Gasteiger partial charge < -0.3 is 9.80 Å². The summed E-state index contributed by atoms with van der Waals surface area (Å²) in [4.78, 5) is 15.0. The van der Waals surface area contributed by atoms with Gasteiger partial charge in [0.25, 0.3) is 5.91 Å². The molecule has 1 amide bonds. The molecule has 0 unspecified atom stereocenters. The molecule has 4 nitrogen and oxygen atoms in total. The summed E-state index contributed by atoms with van der Waals surface area (Å²) in [5, 5.41) is 8.67. The molecule has 0 spiro atoms. The van der Waals surface area contributed by atoms with Gasteiger partial charge in [-0.25, -0.2) is 8.78 Å². The number of amides is 1. The standard InChI is InChI=1S/C11H15F2N3O/c1-15-6-7-16(9(8-15)3-5-14)11(17)10(13)2-4-12/h2,9H,3-4,6-8H2,1H3/b10-2-/t9-/m0/s1. The normalized spacial score (nSPS) is 22.4. The van der Waals surface area contributed by atoms with Crippen LogP contribution in [0.5, 0.6) is 0 Å². The first kappa shape index (κ1) is 13.6. The van der Waals surface area contributed by atoms with Crippen LogP contribution in [0.4, 0.5) is 8.78 Å². The van der Waals surface area contributed by atoms with Crippen LogP contribution in [0.3, 0.4) is 0 Å². The second-order valence-electron chi connectivity index (χ2n) is 3.98. The Bertz CT molecular complexity index is 351. The van der Waals surface area contributed by atoms with Gasteiger partial charge in [0.2, 0.25) is 0 Å². The number of nitriles is 1. The molecule has 6 heteroatoms. The smallest absolute Gasteiger partial charge is 0.282 e. The van der Waals surface area contributed by atoms with Crippen LogP contribution in [0.1, 0.15) is 6.42 Å². The number of likely N-dealkylation sites (N-methyl/N-ethyl adjacent to an activating group) is 1. The lowest BCUT2D eigenvalue weighted by atomic mass is 10.1. The minimum Gasteiger partial charge on any atom is -0.330 e. The number of alkyl halides is 1. The zero-order chi connectivity index (χ0) is 12.8. The summed E-state index contributed by atoms with van der Waals surface area (Å²) in [6.45, 7) is 0.502. The summed E-state index contributed by atoms with van der Waals surface area (Å²) < 4.78 is 25.2. The topological polar surface area (TPSA) is 47.3 Å². The number of allylic oxidation sites excluding steroid dienone is 1. The average molecular weight is 243 g/mol. The summed E-state index contributed by atoms with van der Waals surface area (Å²) in [7, 11) is 1.87. The fourth-order valence-electron chi connectivity index (χ4n) is 1.85. The van der Waals surface area contributed by atoms with Gasteiger partial charge in [0.05, 0.1) is 18.5 Å². The van der Waals surface area contributed by atoms with Gasteiger partial charge in [-0.1, -0.05) is 0 Å². The molecule has 1 rings (SSSR count). The van der Waals surface area contributed by atoms with E-state index in [0.29, 0.717) is 25.7 Å². The molecule has 0 aromatic heterocycles.